The van der Waals surface area contributed by atoms with Crippen LogP contribution in [0.25, 0.3) is 0 Å². The van der Waals surface area contributed by atoms with Gasteiger partial charge in [-0.1, -0.05) is 53.5 Å². The highest BCUT2D eigenvalue weighted by Gasteiger charge is 2.15. The molecule has 0 saturated heterocycles. The van der Waals surface area contributed by atoms with Gasteiger partial charge in [-0.25, -0.2) is 0 Å². The lowest BCUT2D eigenvalue weighted by Gasteiger charge is -2.16. The number of benzene rings is 2. The Bertz CT molecular complexity index is 531. The molecule has 18 heavy (non-hydrogen) atoms. The maximum absolute atomic E-state index is 6.20. The van der Waals surface area contributed by atoms with Crippen LogP contribution in [-0.2, 0) is 0 Å². The van der Waals surface area contributed by atoms with Crippen molar-refractivity contribution in [3.05, 3.63) is 64.1 Å². The van der Waals surface area contributed by atoms with Crippen LogP contribution in [0.4, 0.5) is 0 Å². The van der Waals surface area contributed by atoms with Gasteiger partial charge in [0.25, 0.3) is 0 Å². The van der Waals surface area contributed by atoms with Crippen LogP contribution in [0.5, 0.6) is 0 Å². The number of hydrogen-bond acceptors (Lipinski definition) is 2. The molecule has 2 N–H and O–H groups in total. The average molecular weight is 298 g/mol. The Kier molecular flexibility index (Phi) is 4.95. The molecular weight excluding hydrogens is 285 g/mol. The van der Waals surface area contributed by atoms with Crippen molar-refractivity contribution in [2.75, 3.05) is 6.54 Å². The van der Waals surface area contributed by atoms with E-state index in [1.807, 2.05) is 48.5 Å². The molecule has 0 aliphatic carbocycles. The lowest BCUT2D eigenvalue weighted by Crippen LogP contribution is -2.09. The lowest BCUT2D eigenvalue weighted by atomic mass is 10.1. The summed E-state index contributed by atoms with van der Waals surface area (Å²) in [7, 11) is 0. The second-order valence-electron chi connectivity index (χ2n) is 3.79. The summed E-state index contributed by atoms with van der Waals surface area (Å²) >= 11 is 14.0. The summed E-state index contributed by atoms with van der Waals surface area (Å²) in [6.07, 6.45) is 0. The molecule has 2 aromatic rings. The molecular formula is C14H13Cl2NS. The van der Waals surface area contributed by atoms with E-state index in [1.165, 1.54) is 0 Å². The molecule has 4 heteroatoms. The summed E-state index contributed by atoms with van der Waals surface area (Å²) in [5, 5.41) is 1.60. The van der Waals surface area contributed by atoms with E-state index in [0.717, 1.165) is 20.5 Å². The first-order chi connectivity index (χ1) is 8.72. The number of thioether (sulfide) groups is 1. The highest BCUT2D eigenvalue weighted by molar-refractivity contribution is 7.99. The van der Waals surface area contributed by atoms with E-state index in [2.05, 4.69) is 0 Å². The zero-order valence-electron chi connectivity index (χ0n) is 9.64. The molecule has 1 atom stereocenters. The zero-order chi connectivity index (χ0) is 13.0. The molecule has 0 aliphatic heterocycles. The Morgan fingerprint density at radius 2 is 1.56 bits per heavy atom. The summed E-state index contributed by atoms with van der Waals surface area (Å²) in [4.78, 5) is 1.02. The van der Waals surface area contributed by atoms with Gasteiger partial charge >= 0.3 is 0 Å². The van der Waals surface area contributed by atoms with Crippen LogP contribution in [0.15, 0.2) is 53.4 Å². The second-order valence-corrected chi connectivity index (χ2v) is 5.85. The van der Waals surface area contributed by atoms with E-state index >= 15 is 0 Å². The van der Waals surface area contributed by atoms with Gasteiger partial charge < -0.3 is 5.73 Å². The normalized spacial score (nSPS) is 12.4. The Morgan fingerprint density at radius 1 is 0.944 bits per heavy atom. The topological polar surface area (TPSA) is 26.0 Å². The van der Waals surface area contributed by atoms with E-state index < -0.39 is 0 Å². The molecule has 0 spiro atoms. The molecule has 0 bridgehead atoms. The predicted octanol–water partition coefficient (Wildman–Crippen LogP) is 4.79. The van der Waals surface area contributed by atoms with Gasteiger partial charge in [0.2, 0.25) is 0 Å². The van der Waals surface area contributed by atoms with Gasteiger partial charge in [0.1, 0.15) is 0 Å². The third-order valence-corrected chi connectivity index (χ3v) is 4.70. The minimum atomic E-state index is 0.110. The van der Waals surface area contributed by atoms with Crippen molar-refractivity contribution in [2.24, 2.45) is 5.73 Å². The van der Waals surface area contributed by atoms with E-state index in [-0.39, 0.29) is 5.25 Å². The van der Waals surface area contributed by atoms with Crippen LogP contribution < -0.4 is 5.73 Å². The van der Waals surface area contributed by atoms with E-state index in [4.69, 9.17) is 28.9 Å². The fraction of sp³-hybridized carbons (Fsp3) is 0.143. The van der Waals surface area contributed by atoms with Crippen molar-refractivity contribution >= 4 is 35.0 Å². The van der Waals surface area contributed by atoms with E-state index in [0.29, 0.717) is 6.54 Å². The number of rotatable bonds is 4. The minimum Gasteiger partial charge on any atom is -0.329 e. The van der Waals surface area contributed by atoms with Crippen LogP contribution in [0.2, 0.25) is 10.0 Å². The van der Waals surface area contributed by atoms with Crippen LogP contribution >= 0.6 is 35.0 Å². The van der Waals surface area contributed by atoms with Crippen LogP contribution in [0.1, 0.15) is 10.8 Å². The largest absolute Gasteiger partial charge is 0.329 e. The number of nitrogens with two attached hydrogens (primary N) is 1. The first kappa shape index (κ1) is 13.8. The van der Waals surface area contributed by atoms with Gasteiger partial charge in [-0.2, -0.15) is 0 Å². The molecule has 0 heterocycles. The van der Waals surface area contributed by atoms with Gasteiger partial charge in [-0.3, -0.25) is 0 Å². The summed E-state index contributed by atoms with van der Waals surface area (Å²) in [5.74, 6) is 0. The van der Waals surface area contributed by atoms with Gasteiger partial charge in [-0.15, -0.1) is 11.8 Å². The monoisotopic (exact) mass is 297 g/mol. The van der Waals surface area contributed by atoms with Gasteiger partial charge in [0.05, 0.1) is 5.02 Å². The molecule has 2 rings (SSSR count). The smallest absolute Gasteiger partial charge is 0.0542 e. The highest BCUT2D eigenvalue weighted by Crippen LogP contribution is 2.40. The van der Waals surface area contributed by atoms with Crippen molar-refractivity contribution < 1.29 is 0 Å². The summed E-state index contributed by atoms with van der Waals surface area (Å²) in [6, 6.07) is 15.5. The fourth-order valence-corrected chi connectivity index (χ4v) is 3.34. The van der Waals surface area contributed by atoms with Crippen molar-refractivity contribution in [3.8, 4) is 0 Å². The molecule has 0 radical (unpaired) electrons. The minimum absolute atomic E-state index is 0.110. The molecule has 0 saturated carbocycles. The van der Waals surface area contributed by atoms with Crippen molar-refractivity contribution in [1.82, 2.24) is 0 Å². The van der Waals surface area contributed by atoms with Gasteiger partial charge in [0.15, 0.2) is 0 Å². The van der Waals surface area contributed by atoms with Crippen molar-refractivity contribution in [1.29, 1.82) is 0 Å². The SMILES string of the molecule is NCC(Sc1ccccc1Cl)c1ccccc1Cl. The fourth-order valence-electron chi connectivity index (χ4n) is 1.67. The van der Waals surface area contributed by atoms with Crippen LogP contribution in [-0.4, -0.2) is 6.54 Å². The highest BCUT2D eigenvalue weighted by atomic mass is 35.5. The third kappa shape index (κ3) is 3.21. The van der Waals surface area contributed by atoms with E-state index in [1.54, 1.807) is 11.8 Å². The van der Waals surface area contributed by atoms with Crippen molar-refractivity contribution in [2.45, 2.75) is 10.1 Å². The Labute approximate surface area is 121 Å². The first-order valence-corrected chi connectivity index (χ1v) is 7.21. The molecule has 1 nitrogen and oxygen atoms in total. The predicted molar refractivity (Wildman–Crippen MR) is 80.6 cm³/mol. The number of hydrogen-bond donors (Lipinski definition) is 1. The number of halogens is 2. The maximum Gasteiger partial charge on any atom is 0.0542 e. The molecule has 94 valence electrons. The van der Waals surface area contributed by atoms with E-state index in [9.17, 15) is 0 Å². The maximum atomic E-state index is 6.20. The standard InChI is InChI=1S/C14H13Cl2NS/c15-11-6-2-1-5-10(11)14(9-17)18-13-8-4-3-7-12(13)16/h1-8,14H,9,17H2. The summed E-state index contributed by atoms with van der Waals surface area (Å²) in [5.41, 5.74) is 6.90. The van der Waals surface area contributed by atoms with Gasteiger partial charge in [0, 0.05) is 21.7 Å². The van der Waals surface area contributed by atoms with Crippen molar-refractivity contribution in [3.63, 3.8) is 0 Å². The Morgan fingerprint density at radius 3 is 2.17 bits per heavy atom. The lowest BCUT2D eigenvalue weighted by molar-refractivity contribution is 0.941. The quantitative estimate of drug-likeness (QED) is 0.822. The average Bonchev–Trinajstić information content (AvgIpc) is 2.39. The van der Waals surface area contributed by atoms with Crippen LogP contribution in [0.3, 0.4) is 0 Å². The summed E-state index contributed by atoms with van der Waals surface area (Å²) < 4.78 is 0. The molecule has 2 aromatic carbocycles. The zero-order valence-corrected chi connectivity index (χ0v) is 12.0. The second kappa shape index (κ2) is 6.48. The summed E-state index contributed by atoms with van der Waals surface area (Å²) in [6.45, 7) is 0.514. The molecule has 0 fully saturated rings. The Balaban J connectivity index is 2.26. The first-order valence-electron chi connectivity index (χ1n) is 5.58. The van der Waals surface area contributed by atoms with Gasteiger partial charge in [-0.05, 0) is 23.8 Å². The molecule has 1 unspecified atom stereocenters. The van der Waals surface area contributed by atoms with Crippen LogP contribution in [0, 0.1) is 0 Å². The molecule has 0 aromatic heterocycles. The molecule has 0 amide bonds. The molecule has 0 aliphatic rings. The third-order valence-electron chi connectivity index (χ3n) is 2.57. The Hall–Kier alpha value is -0.670.